The largest absolute Gasteiger partial charge is 0.481 e. The molecule has 0 spiro atoms. The van der Waals surface area contributed by atoms with E-state index in [1.807, 2.05) is 6.08 Å². The molecule has 2 nitrogen and oxygen atoms in total. The highest BCUT2D eigenvalue weighted by Crippen LogP contribution is 2.32. The van der Waals surface area contributed by atoms with Gasteiger partial charge in [0.2, 0.25) is 0 Å². The van der Waals surface area contributed by atoms with Gasteiger partial charge in [-0.25, -0.2) is 0 Å². The molecule has 0 aromatic heterocycles. The summed E-state index contributed by atoms with van der Waals surface area (Å²) in [7, 11) is 0. The van der Waals surface area contributed by atoms with Gasteiger partial charge in [-0.05, 0) is 25.2 Å². The molecule has 0 saturated heterocycles. The van der Waals surface area contributed by atoms with Crippen LogP contribution >= 0.6 is 0 Å². The smallest absolute Gasteiger partial charge is 0.306 e. The van der Waals surface area contributed by atoms with Crippen molar-refractivity contribution in [1.82, 2.24) is 0 Å². The van der Waals surface area contributed by atoms with Crippen LogP contribution in [0.2, 0.25) is 0 Å². The first-order valence-corrected chi connectivity index (χ1v) is 4.59. The van der Waals surface area contributed by atoms with Crippen LogP contribution in [0.25, 0.3) is 0 Å². The van der Waals surface area contributed by atoms with Gasteiger partial charge in [-0.1, -0.05) is 18.9 Å². The van der Waals surface area contributed by atoms with Crippen LogP contribution < -0.4 is 0 Å². The van der Waals surface area contributed by atoms with Gasteiger partial charge in [0.1, 0.15) is 0 Å². The molecular formula is C10H16O2. The number of hydrogen-bond acceptors (Lipinski definition) is 1. The van der Waals surface area contributed by atoms with Gasteiger partial charge in [-0.15, -0.1) is 6.58 Å². The van der Waals surface area contributed by atoms with Crippen molar-refractivity contribution in [3.63, 3.8) is 0 Å². The Kier molecular flexibility index (Phi) is 3.32. The quantitative estimate of drug-likeness (QED) is 0.657. The zero-order valence-corrected chi connectivity index (χ0v) is 7.33. The van der Waals surface area contributed by atoms with Crippen LogP contribution in [0.3, 0.4) is 0 Å². The average Bonchev–Trinajstić information content (AvgIpc) is 2.05. The maximum Gasteiger partial charge on any atom is 0.306 e. The molecule has 12 heavy (non-hydrogen) atoms. The van der Waals surface area contributed by atoms with Crippen LogP contribution in [-0.2, 0) is 4.79 Å². The van der Waals surface area contributed by atoms with Crippen molar-refractivity contribution in [2.75, 3.05) is 0 Å². The summed E-state index contributed by atoms with van der Waals surface area (Å²) in [4.78, 5) is 10.8. The molecule has 1 saturated carbocycles. The lowest BCUT2D eigenvalue weighted by atomic mass is 9.77. The maximum atomic E-state index is 10.8. The summed E-state index contributed by atoms with van der Waals surface area (Å²) in [6.45, 7) is 3.66. The minimum absolute atomic E-state index is 0.114. The molecule has 2 atom stereocenters. The van der Waals surface area contributed by atoms with Crippen molar-refractivity contribution < 1.29 is 9.90 Å². The maximum absolute atomic E-state index is 10.8. The Balaban J connectivity index is 2.53. The van der Waals surface area contributed by atoms with E-state index in [0.29, 0.717) is 5.92 Å². The van der Waals surface area contributed by atoms with Crippen LogP contribution in [0.15, 0.2) is 12.7 Å². The van der Waals surface area contributed by atoms with E-state index in [-0.39, 0.29) is 5.92 Å². The first-order chi connectivity index (χ1) is 5.75. The SMILES string of the molecule is C=CC[C@@H]1CCCC[C@H]1C(=O)O. The van der Waals surface area contributed by atoms with Crippen LogP contribution in [-0.4, -0.2) is 11.1 Å². The van der Waals surface area contributed by atoms with Gasteiger partial charge in [0.25, 0.3) is 0 Å². The van der Waals surface area contributed by atoms with Crippen LogP contribution in [0.5, 0.6) is 0 Å². The standard InChI is InChI=1S/C10H16O2/c1-2-5-8-6-3-4-7-9(8)10(11)12/h2,8-9H,1,3-7H2,(H,11,12)/t8-,9-/m1/s1. The van der Waals surface area contributed by atoms with Gasteiger partial charge >= 0.3 is 5.97 Å². The average molecular weight is 168 g/mol. The molecule has 68 valence electrons. The molecule has 1 aliphatic rings. The van der Waals surface area contributed by atoms with Gasteiger partial charge < -0.3 is 5.11 Å². The van der Waals surface area contributed by atoms with E-state index in [1.54, 1.807) is 0 Å². The Morgan fingerprint density at radius 2 is 2.17 bits per heavy atom. The lowest BCUT2D eigenvalue weighted by molar-refractivity contribution is -0.144. The number of aliphatic carboxylic acids is 1. The number of hydrogen-bond donors (Lipinski definition) is 1. The highest BCUT2D eigenvalue weighted by molar-refractivity contribution is 5.70. The number of rotatable bonds is 3. The molecule has 2 heteroatoms. The minimum atomic E-state index is -0.624. The van der Waals surface area contributed by atoms with E-state index < -0.39 is 5.97 Å². The van der Waals surface area contributed by atoms with Crippen LogP contribution in [0.1, 0.15) is 32.1 Å². The lowest BCUT2D eigenvalue weighted by Gasteiger charge is -2.27. The van der Waals surface area contributed by atoms with Gasteiger partial charge in [-0.3, -0.25) is 4.79 Å². The fourth-order valence-corrected chi connectivity index (χ4v) is 2.03. The summed E-state index contributed by atoms with van der Waals surface area (Å²) in [6.07, 6.45) is 6.87. The second-order valence-corrected chi connectivity index (χ2v) is 3.51. The Bertz CT molecular complexity index is 175. The zero-order chi connectivity index (χ0) is 8.97. The Labute approximate surface area is 73.3 Å². The number of carboxylic acids is 1. The molecule has 1 fully saturated rings. The monoisotopic (exact) mass is 168 g/mol. The molecule has 1 rings (SSSR count). The molecule has 0 aromatic rings. The van der Waals surface area contributed by atoms with Crippen molar-refractivity contribution >= 4 is 5.97 Å². The van der Waals surface area contributed by atoms with Crippen molar-refractivity contribution in [1.29, 1.82) is 0 Å². The predicted octanol–water partition coefficient (Wildman–Crippen LogP) is 2.45. The Morgan fingerprint density at radius 1 is 1.50 bits per heavy atom. The second-order valence-electron chi connectivity index (χ2n) is 3.51. The fraction of sp³-hybridized carbons (Fsp3) is 0.700. The van der Waals surface area contributed by atoms with Crippen molar-refractivity contribution in [3.05, 3.63) is 12.7 Å². The summed E-state index contributed by atoms with van der Waals surface area (Å²) in [5.41, 5.74) is 0. The number of allylic oxidation sites excluding steroid dienone is 1. The van der Waals surface area contributed by atoms with Crippen LogP contribution in [0, 0.1) is 11.8 Å². The van der Waals surface area contributed by atoms with E-state index in [9.17, 15) is 4.79 Å². The van der Waals surface area contributed by atoms with Crippen molar-refractivity contribution in [2.45, 2.75) is 32.1 Å². The summed E-state index contributed by atoms with van der Waals surface area (Å²) in [5, 5.41) is 8.90. The van der Waals surface area contributed by atoms with E-state index in [1.165, 1.54) is 6.42 Å². The number of carbonyl (C=O) groups is 1. The van der Waals surface area contributed by atoms with E-state index >= 15 is 0 Å². The molecule has 0 aliphatic heterocycles. The molecule has 0 unspecified atom stereocenters. The third-order valence-electron chi connectivity index (χ3n) is 2.70. The topological polar surface area (TPSA) is 37.3 Å². The molecular weight excluding hydrogens is 152 g/mol. The molecule has 0 bridgehead atoms. The first kappa shape index (κ1) is 9.30. The summed E-state index contributed by atoms with van der Waals surface area (Å²) < 4.78 is 0. The van der Waals surface area contributed by atoms with Crippen LogP contribution in [0.4, 0.5) is 0 Å². The predicted molar refractivity (Wildman–Crippen MR) is 47.9 cm³/mol. The van der Waals surface area contributed by atoms with Gasteiger partial charge in [-0.2, -0.15) is 0 Å². The van der Waals surface area contributed by atoms with Gasteiger partial charge in [0, 0.05) is 0 Å². The highest BCUT2D eigenvalue weighted by Gasteiger charge is 2.29. The molecule has 1 N–H and O–H groups in total. The lowest BCUT2D eigenvalue weighted by Crippen LogP contribution is -2.26. The van der Waals surface area contributed by atoms with Crippen molar-refractivity contribution in [3.8, 4) is 0 Å². The van der Waals surface area contributed by atoms with Gasteiger partial charge in [0.15, 0.2) is 0 Å². The normalized spacial score (nSPS) is 29.7. The second kappa shape index (κ2) is 4.29. The summed E-state index contributed by atoms with van der Waals surface area (Å²) >= 11 is 0. The van der Waals surface area contributed by atoms with Crippen molar-refractivity contribution in [2.24, 2.45) is 11.8 Å². The summed E-state index contributed by atoms with van der Waals surface area (Å²) in [5.74, 6) is -0.396. The Morgan fingerprint density at radius 3 is 2.75 bits per heavy atom. The number of carboxylic acid groups (broad SMARTS) is 1. The van der Waals surface area contributed by atoms with Gasteiger partial charge in [0.05, 0.1) is 5.92 Å². The third-order valence-corrected chi connectivity index (χ3v) is 2.70. The molecule has 0 amide bonds. The van der Waals surface area contributed by atoms with E-state index in [4.69, 9.17) is 5.11 Å². The fourth-order valence-electron chi connectivity index (χ4n) is 2.03. The molecule has 0 radical (unpaired) electrons. The first-order valence-electron chi connectivity index (χ1n) is 4.59. The molecule has 0 aromatic carbocycles. The highest BCUT2D eigenvalue weighted by atomic mass is 16.4. The minimum Gasteiger partial charge on any atom is -0.481 e. The molecule has 1 aliphatic carbocycles. The summed E-state index contributed by atoms with van der Waals surface area (Å²) in [6, 6.07) is 0. The molecule has 0 heterocycles. The van der Waals surface area contributed by atoms with E-state index in [2.05, 4.69) is 6.58 Å². The third kappa shape index (κ3) is 2.10. The Hall–Kier alpha value is -0.790. The van der Waals surface area contributed by atoms with E-state index in [0.717, 1.165) is 25.7 Å². The zero-order valence-electron chi connectivity index (χ0n) is 7.33.